The number of imide groups is 1. The highest BCUT2D eigenvalue weighted by Gasteiger charge is 2.34. The van der Waals surface area contributed by atoms with Gasteiger partial charge in [-0.2, -0.15) is 0 Å². The lowest BCUT2D eigenvalue weighted by Gasteiger charge is -2.26. The molecule has 0 saturated carbocycles. The van der Waals surface area contributed by atoms with Crippen molar-refractivity contribution in [2.24, 2.45) is 5.92 Å². The number of nitrogens with zero attached hydrogens (tertiary/aromatic N) is 4. The molecule has 4 aromatic rings. The van der Waals surface area contributed by atoms with Gasteiger partial charge in [-0.05, 0) is 80.5 Å². The summed E-state index contributed by atoms with van der Waals surface area (Å²) in [5.41, 5.74) is 2.93. The number of carbonyl (C=O) groups excluding carboxylic acids is 2. The summed E-state index contributed by atoms with van der Waals surface area (Å²) in [6.07, 6.45) is 5.29. The molecule has 10 heteroatoms. The molecule has 6 rings (SSSR count). The Morgan fingerprint density at radius 3 is 2.27 bits per heavy atom. The topological polar surface area (TPSA) is 111 Å². The molecule has 0 atom stereocenters. The fourth-order valence-electron chi connectivity index (χ4n) is 6.14. The number of amides is 2. The lowest BCUT2D eigenvalue weighted by molar-refractivity contribution is 0.0611. The van der Waals surface area contributed by atoms with Crippen LogP contribution in [-0.4, -0.2) is 59.4 Å². The molecule has 0 bridgehead atoms. The number of sulfone groups is 1. The van der Waals surface area contributed by atoms with Crippen LogP contribution in [0.25, 0.3) is 11.0 Å². The van der Waals surface area contributed by atoms with Crippen molar-refractivity contribution < 1.29 is 22.7 Å². The number of imidazole rings is 1. The van der Waals surface area contributed by atoms with Gasteiger partial charge in [-0.15, -0.1) is 0 Å². The summed E-state index contributed by atoms with van der Waals surface area (Å²) in [6, 6.07) is 15.2. The Morgan fingerprint density at radius 1 is 0.909 bits per heavy atom. The van der Waals surface area contributed by atoms with E-state index in [0.717, 1.165) is 43.9 Å². The summed E-state index contributed by atoms with van der Waals surface area (Å²) in [5.74, 6) is 0.906. The quantitative estimate of drug-likeness (QED) is 0.178. The van der Waals surface area contributed by atoms with Crippen molar-refractivity contribution in [2.75, 3.05) is 19.8 Å². The zero-order valence-corrected chi connectivity index (χ0v) is 26.3. The van der Waals surface area contributed by atoms with Gasteiger partial charge < -0.3 is 9.30 Å². The van der Waals surface area contributed by atoms with E-state index in [9.17, 15) is 18.0 Å². The molecule has 44 heavy (non-hydrogen) atoms. The number of pyridine rings is 1. The van der Waals surface area contributed by atoms with Crippen molar-refractivity contribution in [1.82, 2.24) is 19.4 Å². The molecule has 0 spiro atoms. The minimum absolute atomic E-state index is 0.180. The smallest absolute Gasteiger partial charge is 0.261 e. The van der Waals surface area contributed by atoms with Crippen molar-refractivity contribution in [3.05, 3.63) is 83.4 Å². The van der Waals surface area contributed by atoms with E-state index in [1.165, 1.54) is 17.2 Å². The molecule has 2 aliphatic rings. The van der Waals surface area contributed by atoms with Gasteiger partial charge in [0.2, 0.25) is 9.84 Å². The normalized spacial score (nSPS) is 16.2. The molecule has 0 radical (unpaired) electrons. The fraction of sp³-hybridized carbons (Fsp3) is 0.412. The highest BCUT2D eigenvalue weighted by Crippen LogP contribution is 2.32. The first-order valence-corrected chi connectivity index (χ1v) is 16.8. The zero-order chi connectivity index (χ0) is 31.1. The predicted octanol–water partition coefficient (Wildman–Crippen LogP) is 5.61. The van der Waals surface area contributed by atoms with Gasteiger partial charge in [0, 0.05) is 43.6 Å². The van der Waals surface area contributed by atoms with E-state index in [0.29, 0.717) is 54.1 Å². The Hall–Kier alpha value is -3.89. The number of unbranched alkanes of at least 4 members (excludes halogenated alkanes) is 1. The molecular weight excluding hydrogens is 576 g/mol. The molecule has 2 amide bonds. The molecule has 2 aromatic carbocycles. The number of rotatable bonds is 9. The Morgan fingerprint density at radius 2 is 1.59 bits per heavy atom. The maximum absolute atomic E-state index is 13.8. The SMILES string of the molecule is CC(C)(C)c1nc2cc(S(=O)(=O)c3ccnc(CCCCN4C(=O)c5ccccc5C4=O)c3)ccc2n1CC1CCOCC1. The fourth-order valence-corrected chi connectivity index (χ4v) is 7.45. The third kappa shape index (κ3) is 5.80. The van der Waals surface area contributed by atoms with Gasteiger partial charge in [0.15, 0.2) is 0 Å². The van der Waals surface area contributed by atoms with Crippen molar-refractivity contribution >= 4 is 32.7 Å². The van der Waals surface area contributed by atoms with Gasteiger partial charge in [0.1, 0.15) is 5.82 Å². The molecule has 0 N–H and O–H groups in total. The average Bonchev–Trinajstić information content (AvgIpc) is 3.50. The van der Waals surface area contributed by atoms with Gasteiger partial charge in [0.25, 0.3) is 11.8 Å². The number of carbonyl (C=O) groups is 2. The first-order valence-electron chi connectivity index (χ1n) is 15.3. The maximum atomic E-state index is 13.8. The summed E-state index contributed by atoms with van der Waals surface area (Å²) in [6.45, 7) is 9.07. The van der Waals surface area contributed by atoms with Crippen molar-refractivity contribution in [1.29, 1.82) is 0 Å². The molecule has 0 unspecified atom stereocenters. The summed E-state index contributed by atoms with van der Waals surface area (Å²) >= 11 is 0. The molecular formula is C34H38N4O5S. The van der Waals surface area contributed by atoms with E-state index >= 15 is 0 Å². The lowest BCUT2D eigenvalue weighted by Crippen LogP contribution is -2.30. The third-order valence-corrected chi connectivity index (χ3v) is 10.3. The number of ether oxygens (including phenoxy) is 1. The van der Waals surface area contributed by atoms with Crippen molar-refractivity contribution in [3.63, 3.8) is 0 Å². The number of aromatic nitrogens is 3. The standard InChI is InChI=1S/C34H38N4O5S/c1-34(2,3)33-36-29-21-25(11-12-30(29)38(33)22-23-14-18-43-19-15-23)44(41,42)26-13-16-35-24(20-26)8-6-7-17-37-31(39)27-9-4-5-10-28(27)32(37)40/h4-5,9-13,16,20-21,23H,6-8,14-15,17-19,22H2,1-3H3. The zero-order valence-electron chi connectivity index (χ0n) is 25.5. The summed E-state index contributed by atoms with van der Waals surface area (Å²) in [4.78, 5) is 36.2. The third-order valence-electron chi connectivity index (χ3n) is 8.52. The van der Waals surface area contributed by atoms with Crippen LogP contribution in [0, 0.1) is 5.92 Å². The Labute approximate surface area is 258 Å². The van der Waals surface area contributed by atoms with Crippen LogP contribution < -0.4 is 0 Å². The van der Waals surface area contributed by atoms with Gasteiger partial charge >= 0.3 is 0 Å². The average molecular weight is 615 g/mol. The number of hydrogen-bond acceptors (Lipinski definition) is 7. The van der Waals surface area contributed by atoms with Crippen LogP contribution in [0.3, 0.4) is 0 Å². The van der Waals surface area contributed by atoms with Crippen LogP contribution in [0.15, 0.2) is 70.6 Å². The van der Waals surface area contributed by atoms with E-state index in [2.05, 4.69) is 30.3 Å². The van der Waals surface area contributed by atoms with Gasteiger partial charge in [0.05, 0.1) is 32.0 Å². The summed E-state index contributed by atoms with van der Waals surface area (Å²) < 4.78 is 35.3. The maximum Gasteiger partial charge on any atom is 0.261 e. The van der Waals surface area contributed by atoms with E-state index < -0.39 is 9.84 Å². The second-order valence-electron chi connectivity index (χ2n) is 12.8. The van der Waals surface area contributed by atoms with Crippen LogP contribution in [0.4, 0.5) is 0 Å². The molecule has 2 aliphatic heterocycles. The largest absolute Gasteiger partial charge is 0.381 e. The lowest BCUT2D eigenvalue weighted by atomic mass is 9.94. The molecule has 1 saturated heterocycles. The van der Waals surface area contributed by atoms with Gasteiger partial charge in [-0.3, -0.25) is 19.5 Å². The van der Waals surface area contributed by atoms with E-state index in [4.69, 9.17) is 9.72 Å². The highest BCUT2D eigenvalue weighted by molar-refractivity contribution is 7.91. The van der Waals surface area contributed by atoms with Crippen molar-refractivity contribution in [3.8, 4) is 0 Å². The number of aryl methyl sites for hydroxylation is 1. The molecule has 2 aromatic heterocycles. The first kappa shape index (κ1) is 30.1. The van der Waals surface area contributed by atoms with Crippen LogP contribution in [0.2, 0.25) is 0 Å². The van der Waals surface area contributed by atoms with E-state index in [1.807, 2.05) is 6.07 Å². The molecule has 1 fully saturated rings. The molecule has 9 nitrogen and oxygen atoms in total. The van der Waals surface area contributed by atoms with Crippen molar-refractivity contribution in [2.45, 2.75) is 74.6 Å². The Kier molecular flexibility index (Phi) is 8.15. The van der Waals surface area contributed by atoms with Gasteiger partial charge in [-0.25, -0.2) is 13.4 Å². The first-order chi connectivity index (χ1) is 21.0. The van der Waals surface area contributed by atoms with E-state index in [-0.39, 0.29) is 27.0 Å². The number of benzene rings is 2. The Bertz CT molecular complexity index is 1800. The predicted molar refractivity (Wildman–Crippen MR) is 166 cm³/mol. The monoisotopic (exact) mass is 614 g/mol. The molecule has 0 aliphatic carbocycles. The molecule has 230 valence electrons. The summed E-state index contributed by atoms with van der Waals surface area (Å²) in [7, 11) is -3.81. The second-order valence-corrected chi connectivity index (χ2v) is 14.7. The van der Waals surface area contributed by atoms with Crippen LogP contribution >= 0.6 is 0 Å². The molecule has 4 heterocycles. The number of fused-ring (bicyclic) bond motifs is 2. The number of hydrogen-bond donors (Lipinski definition) is 0. The van der Waals surface area contributed by atoms with Crippen LogP contribution in [-0.2, 0) is 33.0 Å². The minimum atomic E-state index is -3.81. The van der Waals surface area contributed by atoms with Gasteiger partial charge in [-0.1, -0.05) is 32.9 Å². The van der Waals surface area contributed by atoms with Crippen LogP contribution in [0.1, 0.15) is 78.7 Å². The Balaban J connectivity index is 1.16. The minimum Gasteiger partial charge on any atom is -0.381 e. The summed E-state index contributed by atoms with van der Waals surface area (Å²) in [5, 5.41) is 0. The van der Waals surface area contributed by atoms with Crippen LogP contribution in [0.5, 0.6) is 0 Å². The van der Waals surface area contributed by atoms with E-state index in [1.54, 1.807) is 42.5 Å². The highest BCUT2D eigenvalue weighted by atomic mass is 32.2. The second kappa shape index (κ2) is 11.9.